The van der Waals surface area contributed by atoms with Crippen LogP contribution >= 0.6 is 0 Å². The first kappa shape index (κ1) is 37.5. The van der Waals surface area contributed by atoms with E-state index < -0.39 is 10.4 Å². The molecule has 9 heteroatoms. The maximum atomic E-state index is 8.74. The Bertz CT molecular complexity index is 891. The minimum atomic E-state index is -4.67. The van der Waals surface area contributed by atoms with E-state index in [9.17, 15) is 0 Å². The minimum absolute atomic E-state index is 0. The van der Waals surface area contributed by atoms with Gasteiger partial charge in [-0.25, -0.2) is 0 Å². The van der Waals surface area contributed by atoms with Crippen molar-refractivity contribution in [3.8, 4) is 11.5 Å². The van der Waals surface area contributed by atoms with Crippen LogP contribution in [0.5, 0.6) is 11.5 Å². The molecule has 0 aliphatic carbocycles. The van der Waals surface area contributed by atoms with Gasteiger partial charge in [-0.15, -0.1) is 0 Å². The van der Waals surface area contributed by atoms with Crippen molar-refractivity contribution < 1.29 is 52.6 Å². The molecule has 0 bridgehead atoms. The van der Waals surface area contributed by atoms with Crippen molar-refractivity contribution in [2.24, 2.45) is 0 Å². The third kappa shape index (κ3) is 21.9. The Morgan fingerprint density at radius 3 is 1.26 bits per heavy atom. The Morgan fingerprint density at radius 1 is 0.590 bits per heavy atom. The molecule has 0 fully saturated rings. The molecule has 218 valence electrons. The molecule has 0 aliphatic heterocycles. The summed E-state index contributed by atoms with van der Waals surface area (Å²) in [6.07, 6.45) is 20.3. The van der Waals surface area contributed by atoms with Crippen LogP contribution in [0.4, 0.5) is 0 Å². The summed E-state index contributed by atoms with van der Waals surface area (Å²) in [6.45, 7) is 4.52. The Hall–Kier alpha value is -1.53. The van der Waals surface area contributed by atoms with E-state index >= 15 is 0 Å². The van der Waals surface area contributed by atoms with Gasteiger partial charge in [0.05, 0.1) is 0 Å². The van der Waals surface area contributed by atoms with Gasteiger partial charge in [-0.1, -0.05) is 127 Å². The van der Waals surface area contributed by atoms with Crippen LogP contribution in [0.25, 0.3) is 0 Å². The van der Waals surface area contributed by atoms with Gasteiger partial charge in [0.15, 0.2) is 11.5 Å². The molecule has 39 heavy (non-hydrogen) atoms. The number of rotatable bonds is 20. The molecule has 7 nitrogen and oxygen atoms in total. The van der Waals surface area contributed by atoms with E-state index in [0.717, 1.165) is 24.3 Å². The topological polar surface area (TPSA) is 102 Å². The molecule has 2 N–H and O–H groups in total. The largest absolute Gasteiger partial charge is 1.00 e. The zero-order chi connectivity index (χ0) is 27.9. The van der Waals surface area contributed by atoms with Crippen molar-refractivity contribution in [2.75, 3.05) is 0 Å². The number of benzene rings is 2. The summed E-state index contributed by atoms with van der Waals surface area (Å²) in [5.41, 5.74) is 2.34. The molecular weight excluding hydrogens is 511 g/mol. The molecule has 0 radical (unpaired) electrons. The van der Waals surface area contributed by atoms with E-state index in [-0.39, 0.29) is 20.3 Å². The maximum absolute atomic E-state index is 8.74. The van der Waals surface area contributed by atoms with Gasteiger partial charge in [-0.3, -0.25) is 18.9 Å². The van der Waals surface area contributed by atoms with E-state index in [4.69, 9.17) is 32.3 Å². The molecule has 2 rings (SSSR count). The standard InChI is InChI=1S/C30H46O3.Li.H2O4S.H/c1-3-5-7-9-11-13-15-21-27-23-17-19-25-29(27)31-33-32-30-26-20-18-24-28(30)22-16-14-12-10-8-6-4-2;;1-5(2,3)4;/h17-20,23-26H,3-16,21-22H2,1-2H3;;(H2,1,2,3,4);/q;+1;;-1. The van der Waals surface area contributed by atoms with Gasteiger partial charge >= 0.3 is 29.3 Å². The number of para-hydroxylation sites is 2. The Morgan fingerprint density at radius 2 is 0.897 bits per heavy atom. The maximum Gasteiger partial charge on any atom is 1.00 e. The number of hydrogen-bond acceptors (Lipinski definition) is 5. The van der Waals surface area contributed by atoms with Crippen molar-refractivity contribution in [3.63, 3.8) is 0 Å². The van der Waals surface area contributed by atoms with E-state index in [1.165, 1.54) is 101 Å². The van der Waals surface area contributed by atoms with Crippen LogP contribution in [0.2, 0.25) is 0 Å². The summed E-state index contributed by atoms with van der Waals surface area (Å²) < 4.78 is 31.6. The second kappa shape index (κ2) is 24.3. The van der Waals surface area contributed by atoms with Crippen LogP contribution in [-0.4, -0.2) is 17.5 Å². The fraction of sp³-hybridized carbons (Fsp3) is 0.600. The van der Waals surface area contributed by atoms with Crippen LogP contribution in [-0.2, 0) is 28.3 Å². The van der Waals surface area contributed by atoms with Crippen LogP contribution in [0.15, 0.2) is 48.5 Å². The number of hydrogen-bond donors (Lipinski definition) is 2. The predicted molar refractivity (Wildman–Crippen MR) is 154 cm³/mol. The average Bonchev–Trinajstić information content (AvgIpc) is 2.88. The van der Waals surface area contributed by atoms with Crippen molar-refractivity contribution in [1.29, 1.82) is 0 Å². The number of unbranched alkanes of at least 4 members (excludes halogenated alkanes) is 12. The third-order valence-corrected chi connectivity index (χ3v) is 6.29. The predicted octanol–water partition coefficient (Wildman–Crippen LogP) is 6.04. The van der Waals surface area contributed by atoms with E-state index in [1.807, 2.05) is 24.3 Å². The van der Waals surface area contributed by atoms with Crippen molar-refractivity contribution in [2.45, 2.75) is 117 Å². The summed E-state index contributed by atoms with van der Waals surface area (Å²) >= 11 is 0. The van der Waals surface area contributed by atoms with Crippen molar-refractivity contribution in [3.05, 3.63) is 59.7 Å². The summed E-state index contributed by atoms with van der Waals surface area (Å²) in [4.78, 5) is 11.1. The number of aryl methyl sites for hydroxylation is 2. The molecule has 0 aliphatic rings. The van der Waals surface area contributed by atoms with E-state index in [2.05, 4.69) is 38.1 Å². The van der Waals surface area contributed by atoms with Crippen LogP contribution < -0.4 is 28.6 Å². The van der Waals surface area contributed by atoms with Gasteiger partial charge < -0.3 is 1.43 Å². The monoisotopic (exact) mass is 560 g/mol. The van der Waals surface area contributed by atoms with E-state index in [0.29, 0.717) is 0 Å². The zero-order valence-corrected chi connectivity index (χ0v) is 25.1. The minimum Gasteiger partial charge on any atom is -1.00 e. The van der Waals surface area contributed by atoms with Gasteiger partial charge in [0.25, 0.3) is 0 Å². The molecule has 0 saturated carbocycles. The summed E-state index contributed by atoms with van der Waals surface area (Å²) in [5, 5.41) is 5.23. The summed E-state index contributed by atoms with van der Waals surface area (Å²) in [6, 6.07) is 16.2. The fourth-order valence-corrected chi connectivity index (χ4v) is 4.22. The second-order valence-corrected chi connectivity index (χ2v) is 10.5. The van der Waals surface area contributed by atoms with E-state index in [1.54, 1.807) is 0 Å². The normalized spacial score (nSPS) is 10.8. The summed E-state index contributed by atoms with van der Waals surface area (Å²) in [7, 11) is -4.67. The van der Waals surface area contributed by atoms with Gasteiger partial charge in [0, 0.05) is 5.04 Å². The van der Waals surface area contributed by atoms with Gasteiger partial charge in [0.1, 0.15) is 0 Å². The van der Waals surface area contributed by atoms with Crippen LogP contribution in [0.3, 0.4) is 0 Å². The molecule has 0 spiro atoms. The Balaban J connectivity index is 0. The SMILES string of the molecule is CCCCCCCCCc1ccccc1OOOc1ccccc1CCCCCCCCC.O=S(=O)(O)O.[H-].[Li+]. The first-order valence-electron chi connectivity index (χ1n) is 14.2. The zero-order valence-electron chi connectivity index (χ0n) is 25.3. The fourth-order valence-electron chi connectivity index (χ4n) is 4.22. The molecule has 0 atom stereocenters. The van der Waals surface area contributed by atoms with Gasteiger partial charge in [0.2, 0.25) is 0 Å². The van der Waals surface area contributed by atoms with Crippen LogP contribution in [0.1, 0.15) is 116 Å². The average molecular weight is 561 g/mol. The molecular formula is C30H49LiO7S. The Kier molecular flexibility index (Phi) is 23.3. The van der Waals surface area contributed by atoms with Crippen LogP contribution in [0, 0.1) is 0 Å². The van der Waals surface area contributed by atoms with Crippen molar-refractivity contribution in [1.82, 2.24) is 0 Å². The smallest absolute Gasteiger partial charge is 1.00 e. The molecule has 0 amide bonds. The first-order valence-corrected chi connectivity index (χ1v) is 15.6. The Labute approximate surface area is 250 Å². The molecule has 0 heterocycles. The molecule has 0 saturated heterocycles. The molecule has 2 aromatic rings. The first-order chi connectivity index (χ1) is 18.3. The molecule has 0 unspecified atom stereocenters. The quantitative estimate of drug-likeness (QED) is 0.0669. The molecule has 0 aromatic heterocycles. The van der Waals surface area contributed by atoms with Gasteiger partial charge in [-0.05, 0) is 48.9 Å². The third-order valence-electron chi connectivity index (χ3n) is 6.29. The van der Waals surface area contributed by atoms with Crippen molar-refractivity contribution >= 4 is 10.4 Å². The molecule has 2 aromatic carbocycles. The van der Waals surface area contributed by atoms with Gasteiger partial charge in [-0.2, -0.15) is 8.42 Å². The summed E-state index contributed by atoms with van der Waals surface area (Å²) in [5.74, 6) is 1.49. The second-order valence-electron chi connectivity index (χ2n) is 9.64.